The first-order valence-electron chi connectivity index (χ1n) is 6.17. The van der Waals surface area contributed by atoms with E-state index in [1.165, 1.54) is 27.1 Å². The molecule has 0 aromatic heterocycles. The zero-order valence-electron chi connectivity index (χ0n) is 9.89. The highest BCUT2D eigenvalue weighted by Crippen LogP contribution is 2.36. The van der Waals surface area contributed by atoms with E-state index in [-0.39, 0.29) is 0 Å². The van der Waals surface area contributed by atoms with Crippen LogP contribution >= 0.6 is 0 Å². The Morgan fingerprint density at radius 3 is 2.67 bits per heavy atom. The van der Waals surface area contributed by atoms with Crippen LogP contribution in [0, 0.1) is 0 Å². The zero-order chi connectivity index (χ0) is 11.9. The standard InChI is InChI=1S/C17H12O/c1-2-6-14-12(4-1)7-10-16-15(14)9-8-13-5-3-11-18-17(13)16/h1-10H,11H2. The minimum Gasteiger partial charge on any atom is -0.488 e. The fourth-order valence-corrected chi connectivity index (χ4v) is 2.68. The number of hydrogen-bond donors (Lipinski definition) is 0. The van der Waals surface area contributed by atoms with E-state index in [2.05, 4.69) is 60.7 Å². The van der Waals surface area contributed by atoms with Gasteiger partial charge >= 0.3 is 0 Å². The van der Waals surface area contributed by atoms with E-state index in [4.69, 9.17) is 4.74 Å². The van der Waals surface area contributed by atoms with Crippen molar-refractivity contribution in [3.63, 3.8) is 0 Å². The molecule has 0 unspecified atom stereocenters. The van der Waals surface area contributed by atoms with Crippen molar-refractivity contribution in [1.29, 1.82) is 0 Å². The van der Waals surface area contributed by atoms with Crippen LogP contribution < -0.4 is 4.74 Å². The second-order valence-corrected chi connectivity index (χ2v) is 4.58. The van der Waals surface area contributed by atoms with Crippen LogP contribution in [0.15, 0.2) is 54.6 Å². The minimum atomic E-state index is 0.666. The number of benzene rings is 3. The first-order chi connectivity index (χ1) is 8.93. The topological polar surface area (TPSA) is 9.23 Å². The van der Waals surface area contributed by atoms with Crippen molar-refractivity contribution in [2.45, 2.75) is 0 Å². The highest BCUT2D eigenvalue weighted by molar-refractivity contribution is 6.10. The van der Waals surface area contributed by atoms with Gasteiger partial charge in [-0.2, -0.15) is 0 Å². The Labute approximate surface area is 105 Å². The lowest BCUT2D eigenvalue weighted by atomic mass is 9.98. The highest BCUT2D eigenvalue weighted by Gasteiger charge is 2.11. The van der Waals surface area contributed by atoms with Crippen LogP contribution in [0.25, 0.3) is 27.6 Å². The Kier molecular flexibility index (Phi) is 1.95. The largest absolute Gasteiger partial charge is 0.488 e. The van der Waals surface area contributed by atoms with Gasteiger partial charge in [0.2, 0.25) is 0 Å². The van der Waals surface area contributed by atoms with E-state index in [0.717, 1.165) is 5.75 Å². The fourth-order valence-electron chi connectivity index (χ4n) is 2.68. The molecule has 0 saturated heterocycles. The molecular weight excluding hydrogens is 220 g/mol. The molecule has 1 heteroatoms. The summed E-state index contributed by atoms with van der Waals surface area (Å²) < 4.78 is 5.80. The molecule has 1 aliphatic rings. The summed E-state index contributed by atoms with van der Waals surface area (Å²) >= 11 is 0. The Morgan fingerprint density at radius 1 is 0.778 bits per heavy atom. The molecule has 4 rings (SSSR count). The maximum Gasteiger partial charge on any atom is 0.134 e. The van der Waals surface area contributed by atoms with Gasteiger partial charge in [-0.05, 0) is 28.3 Å². The van der Waals surface area contributed by atoms with E-state index >= 15 is 0 Å². The molecule has 1 heterocycles. The van der Waals surface area contributed by atoms with Crippen LogP contribution in [0.1, 0.15) is 5.56 Å². The van der Waals surface area contributed by atoms with E-state index < -0.39 is 0 Å². The molecule has 0 radical (unpaired) electrons. The molecule has 0 spiro atoms. The summed E-state index contributed by atoms with van der Waals surface area (Å²) in [5, 5.41) is 5.03. The summed E-state index contributed by atoms with van der Waals surface area (Å²) in [5.41, 5.74) is 1.17. The van der Waals surface area contributed by atoms with Crippen molar-refractivity contribution in [3.05, 3.63) is 60.2 Å². The predicted molar refractivity (Wildman–Crippen MR) is 76.0 cm³/mol. The van der Waals surface area contributed by atoms with Crippen molar-refractivity contribution < 1.29 is 4.74 Å². The first-order valence-corrected chi connectivity index (χ1v) is 6.17. The Balaban J connectivity index is 2.19. The Bertz CT molecular complexity index is 784. The average molecular weight is 232 g/mol. The monoisotopic (exact) mass is 232 g/mol. The van der Waals surface area contributed by atoms with Gasteiger partial charge in [0.05, 0.1) is 0 Å². The van der Waals surface area contributed by atoms with E-state index in [0.29, 0.717) is 6.61 Å². The van der Waals surface area contributed by atoms with Crippen LogP contribution in [0.3, 0.4) is 0 Å². The van der Waals surface area contributed by atoms with Crippen LogP contribution in [-0.2, 0) is 0 Å². The molecule has 18 heavy (non-hydrogen) atoms. The molecule has 0 aliphatic carbocycles. The number of rotatable bonds is 0. The molecule has 0 bridgehead atoms. The Hall–Kier alpha value is -2.28. The normalized spacial score (nSPS) is 13.6. The van der Waals surface area contributed by atoms with Crippen LogP contribution in [-0.4, -0.2) is 6.61 Å². The molecule has 1 nitrogen and oxygen atoms in total. The van der Waals surface area contributed by atoms with Crippen LogP contribution in [0.4, 0.5) is 0 Å². The summed E-state index contributed by atoms with van der Waals surface area (Å²) in [5.74, 6) is 1.01. The lowest BCUT2D eigenvalue weighted by Crippen LogP contribution is -2.00. The van der Waals surface area contributed by atoms with Gasteiger partial charge in [0, 0.05) is 10.9 Å². The van der Waals surface area contributed by atoms with Crippen molar-refractivity contribution in [3.8, 4) is 5.75 Å². The SMILES string of the molecule is C1=Cc2ccc3c(ccc4ccccc43)c2OC1. The maximum absolute atomic E-state index is 5.80. The van der Waals surface area contributed by atoms with Crippen molar-refractivity contribution >= 4 is 27.6 Å². The average Bonchev–Trinajstić information content (AvgIpc) is 2.46. The number of fused-ring (bicyclic) bond motifs is 5. The zero-order valence-corrected chi connectivity index (χ0v) is 9.89. The van der Waals surface area contributed by atoms with E-state index in [1.54, 1.807) is 0 Å². The van der Waals surface area contributed by atoms with Crippen molar-refractivity contribution in [2.75, 3.05) is 6.61 Å². The second kappa shape index (κ2) is 3.61. The van der Waals surface area contributed by atoms with Gasteiger partial charge < -0.3 is 4.74 Å². The second-order valence-electron chi connectivity index (χ2n) is 4.58. The lowest BCUT2D eigenvalue weighted by molar-refractivity contribution is 0.363. The van der Waals surface area contributed by atoms with Gasteiger partial charge in [-0.1, -0.05) is 48.5 Å². The van der Waals surface area contributed by atoms with Gasteiger partial charge in [0.15, 0.2) is 0 Å². The molecule has 0 N–H and O–H groups in total. The molecular formula is C17H12O. The molecule has 1 aliphatic heterocycles. The maximum atomic E-state index is 5.80. The number of ether oxygens (including phenoxy) is 1. The Morgan fingerprint density at radius 2 is 1.67 bits per heavy atom. The van der Waals surface area contributed by atoms with Crippen LogP contribution in [0.2, 0.25) is 0 Å². The molecule has 3 aromatic rings. The molecule has 3 aromatic carbocycles. The summed E-state index contributed by atoms with van der Waals surface area (Å²) in [7, 11) is 0. The van der Waals surface area contributed by atoms with Gasteiger partial charge in [0.25, 0.3) is 0 Å². The highest BCUT2D eigenvalue weighted by atomic mass is 16.5. The summed E-state index contributed by atoms with van der Waals surface area (Å²) in [4.78, 5) is 0. The first kappa shape index (κ1) is 9.72. The van der Waals surface area contributed by atoms with E-state index in [9.17, 15) is 0 Å². The molecule has 86 valence electrons. The van der Waals surface area contributed by atoms with Gasteiger partial charge in [-0.25, -0.2) is 0 Å². The van der Waals surface area contributed by atoms with Gasteiger partial charge in [-0.3, -0.25) is 0 Å². The lowest BCUT2D eigenvalue weighted by Gasteiger charge is -2.15. The van der Waals surface area contributed by atoms with Crippen molar-refractivity contribution in [1.82, 2.24) is 0 Å². The smallest absolute Gasteiger partial charge is 0.134 e. The quantitative estimate of drug-likeness (QED) is 0.522. The summed E-state index contributed by atoms with van der Waals surface area (Å²) in [6.45, 7) is 0.666. The minimum absolute atomic E-state index is 0.666. The van der Waals surface area contributed by atoms with Gasteiger partial charge in [-0.15, -0.1) is 0 Å². The summed E-state index contributed by atoms with van der Waals surface area (Å²) in [6, 6.07) is 17.1. The molecule has 0 atom stereocenters. The van der Waals surface area contributed by atoms with Crippen molar-refractivity contribution in [2.24, 2.45) is 0 Å². The molecule has 0 fully saturated rings. The third kappa shape index (κ3) is 1.28. The molecule has 0 saturated carbocycles. The summed E-state index contributed by atoms with van der Waals surface area (Å²) in [6.07, 6.45) is 4.18. The van der Waals surface area contributed by atoms with Gasteiger partial charge in [0.1, 0.15) is 12.4 Å². The molecule has 0 amide bonds. The van der Waals surface area contributed by atoms with E-state index in [1.807, 2.05) is 0 Å². The van der Waals surface area contributed by atoms with Crippen LogP contribution in [0.5, 0.6) is 5.75 Å². The number of hydrogen-bond acceptors (Lipinski definition) is 1. The third-order valence-corrected chi connectivity index (χ3v) is 3.53. The third-order valence-electron chi connectivity index (χ3n) is 3.53. The predicted octanol–water partition coefficient (Wildman–Crippen LogP) is 4.40. The fraction of sp³-hybridized carbons (Fsp3) is 0.0588.